The van der Waals surface area contributed by atoms with Crippen molar-refractivity contribution in [3.63, 3.8) is 0 Å². The van der Waals surface area contributed by atoms with Crippen molar-refractivity contribution >= 4 is 23.0 Å². The number of benzene rings is 2. The maximum Gasteiger partial charge on any atom is 0.313 e. The van der Waals surface area contributed by atoms with Crippen LogP contribution in [0.4, 0.5) is 11.5 Å². The average molecular weight is 675 g/mol. The minimum atomic E-state index is -0.526. The van der Waals surface area contributed by atoms with Gasteiger partial charge in [0.25, 0.3) is 0 Å². The fourth-order valence-corrected chi connectivity index (χ4v) is 13.0. The number of aromatic amines is 1. The maximum absolute atomic E-state index is 14.7. The van der Waals surface area contributed by atoms with Gasteiger partial charge in [-0.25, -0.2) is 0 Å². The number of nitrogens with zero attached hydrogens (tertiary/aromatic N) is 1. The highest BCUT2D eigenvalue weighted by atomic mass is 16.5. The number of rotatable bonds is 4. The Morgan fingerprint density at radius 2 is 1.64 bits per heavy atom. The molecule has 0 amide bonds. The number of H-pyrrole nitrogens is 1. The molecule has 1 aromatic heterocycles. The van der Waals surface area contributed by atoms with E-state index in [-0.39, 0.29) is 39.0 Å². The Hall–Kier alpha value is -3.54. The van der Waals surface area contributed by atoms with Crippen molar-refractivity contribution in [1.29, 1.82) is 0 Å². The van der Waals surface area contributed by atoms with Crippen LogP contribution in [0.3, 0.4) is 0 Å². The predicted molar refractivity (Wildman–Crippen MR) is 202 cm³/mol. The van der Waals surface area contributed by atoms with Gasteiger partial charge in [-0.2, -0.15) is 5.10 Å². The molecule has 0 spiro atoms. The van der Waals surface area contributed by atoms with Gasteiger partial charge in [-0.15, -0.1) is 0 Å². The van der Waals surface area contributed by atoms with Gasteiger partial charge in [0.1, 0.15) is 12.4 Å². The molecule has 266 valence electrons. The molecule has 5 N–H and O–H groups in total. The normalized spacial score (nSPS) is 36.7. The Labute approximate surface area is 299 Å². The van der Waals surface area contributed by atoms with E-state index in [2.05, 4.69) is 83.9 Å². The Kier molecular flexibility index (Phi) is 7.38. The van der Waals surface area contributed by atoms with Crippen LogP contribution in [0.1, 0.15) is 122 Å². The minimum Gasteiger partial charge on any atom is -0.460 e. The number of fused-ring (bicyclic) bond motifs is 8. The summed E-state index contributed by atoms with van der Waals surface area (Å²) in [6.07, 6.45) is 9.02. The molecule has 0 bridgehead atoms. The number of allylic oxidation sites excluding steroid dienone is 2. The number of esters is 1. The first kappa shape index (κ1) is 33.6. The number of hydrogen-bond acceptors (Lipinski definition) is 5. The van der Waals surface area contributed by atoms with E-state index in [4.69, 9.17) is 21.3 Å². The van der Waals surface area contributed by atoms with Crippen LogP contribution < -0.4 is 11.5 Å². The van der Waals surface area contributed by atoms with Gasteiger partial charge in [-0.1, -0.05) is 96.5 Å². The molecule has 1 heterocycles. The number of ether oxygens (including phenoxy) is 1. The molecule has 1 unspecified atom stereocenters. The lowest BCUT2D eigenvalue weighted by Crippen LogP contribution is -2.65. The molecule has 0 aliphatic heterocycles. The summed E-state index contributed by atoms with van der Waals surface area (Å²) in [5.41, 5.74) is 21.2. The zero-order valence-corrected chi connectivity index (χ0v) is 31.4. The van der Waals surface area contributed by atoms with Gasteiger partial charge in [0.15, 0.2) is 0 Å². The second-order valence-corrected chi connectivity index (χ2v) is 19.1. The quantitative estimate of drug-likeness (QED) is 0.189. The monoisotopic (exact) mass is 674 g/mol. The molecule has 8 rings (SSSR count). The summed E-state index contributed by atoms with van der Waals surface area (Å²) in [4.78, 5) is 14.7. The Bertz CT molecular complexity index is 1870. The summed E-state index contributed by atoms with van der Waals surface area (Å²) in [6, 6.07) is 18.7. The molecule has 7 atom stereocenters. The van der Waals surface area contributed by atoms with Crippen molar-refractivity contribution in [2.45, 2.75) is 118 Å². The average Bonchev–Trinajstić information content (AvgIpc) is 3.44. The van der Waals surface area contributed by atoms with Crippen LogP contribution in [-0.2, 0) is 28.0 Å². The SMILES string of the molecule is CC1(C)CC[C@]2(C(=O)OCc3ccccc3)CC[C@]3(C)C(=C(c4cccc(N)c4)CC4[C@@]5(C)Cc6c(n[nH]c6N)C(C)(C)[C@@H]5CC[C@]43C)[C@@H]2C1. The maximum atomic E-state index is 14.7. The first-order chi connectivity index (χ1) is 23.6. The smallest absolute Gasteiger partial charge is 0.313 e. The molecule has 3 saturated carbocycles. The Balaban J connectivity index is 1.31. The van der Waals surface area contributed by atoms with Crippen molar-refractivity contribution in [2.75, 3.05) is 11.5 Å². The standard InChI is InChI=1S/C44H58N4O2/c1-39(2)18-20-44(38(49)50-26-27-12-9-8-10-13-27)21-19-43(7)35(32(44)25-39)30(28-14-11-15-29(45)22-28)23-34-41(5)24-31-36(47-48-37(31)46)40(3,4)33(41)16-17-42(34,43)6/h8-15,22,32-34H,16-21,23-26,45H2,1-7H3,(H3,46,47,48)/t32-,33-,34?,41-,42+,43+,44-/m0/s1. The molecule has 6 heteroatoms. The van der Waals surface area contributed by atoms with Crippen molar-refractivity contribution in [1.82, 2.24) is 10.2 Å². The van der Waals surface area contributed by atoms with Crippen LogP contribution in [0.5, 0.6) is 0 Å². The fourth-order valence-electron chi connectivity index (χ4n) is 13.0. The van der Waals surface area contributed by atoms with E-state index >= 15 is 0 Å². The third-order valence-electron chi connectivity index (χ3n) is 15.8. The third-order valence-corrected chi connectivity index (χ3v) is 15.8. The first-order valence-electron chi connectivity index (χ1n) is 19.2. The van der Waals surface area contributed by atoms with E-state index in [1.165, 1.54) is 35.1 Å². The van der Waals surface area contributed by atoms with E-state index in [1.54, 1.807) is 0 Å². The van der Waals surface area contributed by atoms with Gasteiger partial charge >= 0.3 is 5.97 Å². The first-order valence-corrected chi connectivity index (χ1v) is 19.2. The van der Waals surface area contributed by atoms with Crippen molar-refractivity contribution in [3.05, 3.63) is 82.6 Å². The van der Waals surface area contributed by atoms with Gasteiger partial charge in [0, 0.05) is 16.7 Å². The van der Waals surface area contributed by atoms with Crippen LogP contribution in [0.15, 0.2) is 60.2 Å². The lowest BCUT2D eigenvalue weighted by Gasteiger charge is -2.71. The number of hydrogen-bond donors (Lipinski definition) is 3. The van der Waals surface area contributed by atoms with Crippen LogP contribution in [0.25, 0.3) is 5.57 Å². The van der Waals surface area contributed by atoms with Crippen molar-refractivity contribution in [3.8, 4) is 0 Å². The number of aromatic nitrogens is 2. The summed E-state index contributed by atoms with van der Waals surface area (Å²) in [6.45, 7) is 17.8. The molecule has 5 aliphatic carbocycles. The summed E-state index contributed by atoms with van der Waals surface area (Å²) in [7, 11) is 0. The molecule has 0 radical (unpaired) electrons. The number of nitrogens with one attached hydrogen (secondary N) is 1. The highest BCUT2D eigenvalue weighted by Gasteiger charge is 2.70. The molecule has 0 saturated heterocycles. The van der Waals surface area contributed by atoms with Crippen LogP contribution in [-0.4, -0.2) is 16.2 Å². The lowest BCUT2D eigenvalue weighted by molar-refractivity contribution is -0.181. The molecule has 2 aromatic carbocycles. The topological polar surface area (TPSA) is 107 Å². The number of nitrogens with two attached hydrogens (primary N) is 2. The lowest BCUT2D eigenvalue weighted by atomic mass is 9.33. The molecule has 3 aromatic rings. The largest absolute Gasteiger partial charge is 0.460 e. The van der Waals surface area contributed by atoms with E-state index < -0.39 is 5.41 Å². The number of nitrogen functional groups attached to an aromatic ring is 2. The summed E-state index contributed by atoms with van der Waals surface area (Å²) >= 11 is 0. The second kappa shape index (κ2) is 11.0. The highest BCUT2D eigenvalue weighted by Crippen LogP contribution is 2.77. The predicted octanol–water partition coefficient (Wildman–Crippen LogP) is 9.66. The van der Waals surface area contributed by atoms with Crippen LogP contribution >= 0.6 is 0 Å². The van der Waals surface area contributed by atoms with E-state index in [1.807, 2.05) is 24.3 Å². The van der Waals surface area contributed by atoms with E-state index in [0.29, 0.717) is 18.4 Å². The van der Waals surface area contributed by atoms with Gasteiger partial charge in [-0.05, 0) is 126 Å². The summed E-state index contributed by atoms with van der Waals surface area (Å²) < 4.78 is 6.34. The summed E-state index contributed by atoms with van der Waals surface area (Å²) in [5.74, 6) is 1.76. The second-order valence-electron chi connectivity index (χ2n) is 19.1. The Morgan fingerprint density at radius 1 is 0.900 bits per heavy atom. The van der Waals surface area contributed by atoms with Crippen LogP contribution in [0.2, 0.25) is 0 Å². The van der Waals surface area contributed by atoms with Crippen molar-refractivity contribution in [2.24, 2.45) is 44.8 Å². The zero-order chi connectivity index (χ0) is 35.5. The number of carbonyl (C=O) groups is 1. The molecule has 6 nitrogen and oxygen atoms in total. The van der Waals surface area contributed by atoms with E-state index in [0.717, 1.165) is 67.7 Å². The fraction of sp³-hybridized carbons (Fsp3) is 0.591. The molecule has 5 aliphatic rings. The van der Waals surface area contributed by atoms with Gasteiger partial charge in [-0.3, -0.25) is 9.89 Å². The van der Waals surface area contributed by atoms with Gasteiger partial charge in [0.05, 0.1) is 11.1 Å². The van der Waals surface area contributed by atoms with Gasteiger partial charge < -0.3 is 16.2 Å². The number of anilines is 2. The Morgan fingerprint density at radius 3 is 2.38 bits per heavy atom. The van der Waals surface area contributed by atoms with E-state index in [9.17, 15) is 4.79 Å². The molecule has 3 fully saturated rings. The molecule has 50 heavy (non-hydrogen) atoms. The van der Waals surface area contributed by atoms with Gasteiger partial charge in [0.2, 0.25) is 0 Å². The summed E-state index contributed by atoms with van der Waals surface area (Å²) in [5, 5.41) is 7.98. The van der Waals surface area contributed by atoms with Crippen LogP contribution in [0, 0.1) is 44.8 Å². The molecular formula is C44H58N4O2. The number of carbonyl (C=O) groups excluding carboxylic acids is 1. The third kappa shape index (κ3) is 4.58. The highest BCUT2D eigenvalue weighted by molar-refractivity contribution is 5.82. The minimum absolute atomic E-state index is 0.00303. The molecular weight excluding hydrogens is 617 g/mol. The van der Waals surface area contributed by atoms with Crippen molar-refractivity contribution < 1.29 is 9.53 Å². The zero-order valence-electron chi connectivity index (χ0n) is 31.4.